The SMILES string of the molecule is CCC1CCNC(C(=O)Nc2cccc(C(=O)NC)c2)C1. The lowest BCUT2D eigenvalue weighted by Crippen LogP contribution is -2.46. The lowest BCUT2D eigenvalue weighted by molar-refractivity contribution is -0.119. The minimum absolute atomic E-state index is 0.0257. The Balaban J connectivity index is 2.00. The Morgan fingerprint density at radius 1 is 1.38 bits per heavy atom. The molecule has 0 radical (unpaired) electrons. The highest BCUT2D eigenvalue weighted by atomic mass is 16.2. The van der Waals surface area contributed by atoms with E-state index < -0.39 is 0 Å². The molecule has 1 heterocycles. The molecular formula is C16H23N3O2. The number of anilines is 1. The highest BCUT2D eigenvalue weighted by molar-refractivity contribution is 5.98. The Morgan fingerprint density at radius 3 is 2.90 bits per heavy atom. The first-order valence-corrected chi connectivity index (χ1v) is 7.50. The first kappa shape index (κ1) is 15.5. The molecule has 21 heavy (non-hydrogen) atoms. The molecule has 114 valence electrons. The van der Waals surface area contributed by atoms with Crippen molar-refractivity contribution in [2.24, 2.45) is 5.92 Å². The number of amides is 2. The van der Waals surface area contributed by atoms with Crippen LogP contribution in [0.3, 0.4) is 0 Å². The van der Waals surface area contributed by atoms with Gasteiger partial charge in [-0.25, -0.2) is 0 Å². The molecule has 1 aromatic carbocycles. The van der Waals surface area contributed by atoms with Crippen LogP contribution in [0.5, 0.6) is 0 Å². The first-order valence-electron chi connectivity index (χ1n) is 7.50. The highest BCUT2D eigenvalue weighted by Gasteiger charge is 2.25. The predicted molar refractivity (Wildman–Crippen MR) is 83.3 cm³/mol. The third kappa shape index (κ3) is 4.04. The fraction of sp³-hybridized carbons (Fsp3) is 0.500. The molecule has 1 fully saturated rings. The van der Waals surface area contributed by atoms with Crippen LogP contribution in [-0.2, 0) is 4.79 Å². The van der Waals surface area contributed by atoms with Crippen molar-refractivity contribution in [3.63, 3.8) is 0 Å². The van der Waals surface area contributed by atoms with E-state index in [0.29, 0.717) is 17.2 Å². The largest absolute Gasteiger partial charge is 0.355 e. The second kappa shape index (κ2) is 7.22. The van der Waals surface area contributed by atoms with Gasteiger partial charge in [0.15, 0.2) is 0 Å². The van der Waals surface area contributed by atoms with Crippen LogP contribution in [0, 0.1) is 5.92 Å². The summed E-state index contributed by atoms with van der Waals surface area (Å²) < 4.78 is 0. The maximum atomic E-state index is 12.3. The highest BCUT2D eigenvalue weighted by Crippen LogP contribution is 2.20. The maximum Gasteiger partial charge on any atom is 0.251 e. The van der Waals surface area contributed by atoms with Crippen LogP contribution in [0.15, 0.2) is 24.3 Å². The average Bonchev–Trinajstić information content (AvgIpc) is 2.54. The molecule has 2 rings (SSSR count). The van der Waals surface area contributed by atoms with Gasteiger partial charge in [0.25, 0.3) is 5.91 Å². The second-order valence-electron chi connectivity index (χ2n) is 5.45. The van der Waals surface area contributed by atoms with Gasteiger partial charge in [0, 0.05) is 18.3 Å². The van der Waals surface area contributed by atoms with E-state index in [0.717, 1.165) is 25.8 Å². The van der Waals surface area contributed by atoms with E-state index in [-0.39, 0.29) is 17.9 Å². The zero-order valence-electron chi connectivity index (χ0n) is 12.6. The Bertz CT molecular complexity index is 516. The smallest absolute Gasteiger partial charge is 0.251 e. The molecule has 0 aromatic heterocycles. The van der Waals surface area contributed by atoms with Gasteiger partial charge in [0.05, 0.1) is 6.04 Å². The monoisotopic (exact) mass is 289 g/mol. The molecule has 1 saturated heterocycles. The minimum Gasteiger partial charge on any atom is -0.355 e. The number of piperidine rings is 1. The van der Waals surface area contributed by atoms with Crippen molar-refractivity contribution in [1.82, 2.24) is 10.6 Å². The van der Waals surface area contributed by atoms with E-state index in [1.165, 1.54) is 0 Å². The normalized spacial score (nSPS) is 21.6. The summed E-state index contributed by atoms with van der Waals surface area (Å²) in [6.07, 6.45) is 3.11. The molecule has 5 heteroatoms. The number of nitrogens with one attached hydrogen (secondary N) is 3. The summed E-state index contributed by atoms with van der Waals surface area (Å²) in [4.78, 5) is 23.9. The van der Waals surface area contributed by atoms with Crippen molar-refractivity contribution >= 4 is 17.5 Å². The average molecular weight is 289 g/mol. The van der Waals surface area contributed by atoms with Gasteiger partial charge in [-0.2, -0.15) is 0 Å². The van der Waals surface area contributed by atoms with E-state index in [2.05, 4.69) is 22.9 Å². The zero-order chi connectivity index (χ0) is 15.2. The predicted octanol–water partition coefficient (Wildman–Crippen LogP) is 1.76. The van der Waals surface area contributed by atoms with Crippen LogP contribution in [0.25, 0.3) is 0 Å². The van der Waals surface area contributed by atoms with Gasteiger partial charge in [-0.15, -0.1) is 0 Å². The van der Waals surface area contributed by atoms with Gasteiger partial charge < -0.3 is 16.0 Å². The van der Waals surface area contributed by atoms with Gasteiger partial charge >= 0.3 is 0 Å². The van der Waals surface area contributed by atoms with Gasteiger partial charge in [0.1, 0.15) is 0 Å². The minimum atomic E-state index is -0.159. The molecule has 2 atom stereocenters. The molecule has 2 amide bonds. The Labute approximate surface area is 125 Å². The number of hydrogen-bond donors (Lipinski definition) is 3. The summed E-state index contributed by atoms with van der Waals surface area (Å²) in [6.45, 7) is 3.05. The van der Waals surface area contributed by atoms with Crippen LogP contribution >= 0.6 is 0 Å². The fourth-order valence-corrected chi connectivity index (χ4v) is 2.68. The standard InChI is InChI=1S/C16H23N3O2/c1-3-11-7-8-18-14(9-11)16(21)19-13-6-4-5-12(10-13)15(20)17-2/h4-6,10-11,14,18H,3,7-9H2,1-2H3,(H,17,20)(H,19,21). The summed E-state index contributed by atoms with van der Waals surface area (Å²) in [6, 6.07) is 6.83. The number of rotatable bonds is 4. The van der Waals surface area contributed by atoms with Crippen molar-refractivity contribution in [2.75, 3.05) is 18.9 Å². The summed E-state index contributed by atoms with van der Waals surface area (Å²) in [5.74, 6) is 0.425. The van der Waals surface area contributed by atoms with Gasteiger partial charge in [0.2, 0.25) is 5.91 Å². The van der Waals surface area contributed by atoms with E-state index in [1.54, 1.807) is 31.3 Å². The number of carbonyl (C=O) groups excluding carboxylic acids is 2. The molecule has 1 aromatic rings. The molecule has 2 unspecified atom stereocenters. The Kier molecular flexibility index (Phi) is 5.33. The molecule has 3 N–H and O–H groups in total. The molecule has 0 aliphatic carbocycles. The maximum absolute atomic E-state index is 12.3. The van der Waals surface area contributed by atoms with Crippen molar-refractivity contribution in [3.8, 4) is 0 Å². The van der Waals surface area contributed by atoms with Gasteiger partial charge in [-0.05, 0) is 43.5 Å². The fourth-order valence-electron chi connectivity index (χ4n) is 2.68. The van der Waals surface area contributed by atoms with E-state index in [4.69, 9.17) is 0 Å². The quantitative estimate of drug-likeness (QED) is 0.791. The second-order valence-corrected chi connectivity index (χ2v) is 5.45. The van der Waals surface area contributed by atoms with Crippen LogP contribution in [-0.4, -0.2) is 31.4 Å². The summed E-state index contributed by atoms with van der Waals surface area (Å²) in [5.41, 5.74) is 1.19. The lowest BCUT2D eigenvalue weighted by Gasteiger charge is -2.28. The summed E-state index contributed by atoms with van der Waals surface area (Å²) in [5, 5.41) is 8.73. The topological polar surface area (TPSA) is 70.2 Å². The molecule has 0 spiro atoms. The van der Waals surface area contributed by atoms with Crippen molar-refractivity contribution in [2.45, 2.75) is 32.2 Å². The Morgan fingerprint density at radius 2 is 2.19 bits per heavy atom. The third-order valence-electron chi connectivity index (χ3n) is 4.03. The summed E-state index contributed by atoms with van der Waals surface area (Å²) in [7, 11) is 1.59. The third-order valence-corrected chi connectivity index (χ3v) is 4.03. The van der Waals surface area contributed by atoms with Crippen molar-refractivity contribution in [1.29, 1.82) is 0 Å². The van der Waals surface area contributed by atoms with E-state index in [9.17, 15) is 9.59 Å². The van der Waals surface area contributed by atoms with Crippen LogP contribution in [0.4, 0.5) is 5.69 Å². The van der Waals surface area contributed by atoms with Crippen LogP contribution < -0.4 is 16.0 Å². The molecular weight excluding hydrogens is 266 g/mol. The lowest BCUT2D eigenvalue weighted by atomic mass is 9.90. The van der Waals surface area contributed by atoms with E-state index in [1.807, 2.05) is 0 Å². The number of carbonyl (C=O) groups is 2. The molecule has 5 nitrogen and oxygen atoms in total. The van der Waals surface area contributed by atoms with Crippen LogP contribution in [0.2, 0.25) is 0 Å². The molecule has 1 aliphatic rings. The molecule has 0 bridgehead atoms. The van der Waals surface area contributed by atoms with Crippen molar-refractivity contribution in [3.05, 3.63) is 29.8 Å². The zero-order valence-corrected chi connectivity index (χ0v) is 12.6. The first-order chi connectivity index (χ1) is 10.1. The van der Waals surface area contributed by atoms with Gasteiger partial charge in [-0.1, -0.05) is 19.4 Å². The van der Waals surface area contributed by atoms with E-state index >= 15 is 0 Å². The molecule has 0 saturated carbocycles. The number of hydrogen-bond acceptors (Lipinski definition) is 3. The number of benzene rings is 1. The summed E-state index contributed by atoms with van der Waals surface area (Å²) >= 11 is 0. The Hall–Kier alpha value is -1.88. The van der Waals surface area contributed by atoms with Crippen molar-refractivity contribution < 1.29 is 9.59 Å². The molecule has 1 aliphatic heterocycles. The van der Waals surface area contributed by atoms with Gasteiger partial charge in [-0.3, -0.25) is 9.59 Å². The van der Waals surface area contributed by atoms with Crippen LogP contribution in [0.1, 0.15) is 36.5 Å².